The molecule has 2 nitrogen and oxygen atoms in total. The lowest BCUT2D eigenvalue weighted by molar-refractivity contribution is 0.00484. The largest absolute Gasteiger partial charge is 0.378 e. The van der Waals surface area contributed by atoms with Gasteiger partial charge in [-0.05, 0) is 56.8 Å². The van der Waals surface area contributed by atoms with Gasteiger partial charge in [0.1, 0.15) is 11.6 Å². The Morgan fingerprint density at radius 3 is 2.90 bits per heavy atom. The Labute approximate surface area is 119 Å². The minimum atomic E-state index is -0.394. The van der Waals surface area contributed by atoms with Gasteiger partial charge in [0.05, 0.1) is 6.10 Å². The maximum atomic E-state index is 14.0. The van der Waals surface area contributed by atoms with E-state index < -0.39 is 5.82 Å². The highest BCUT2D eigenvalue weighted by Gasteiger charge is 2.22. The number of nitrogens with one attached hydrogen (secondary N) is 1. The summed E-state index contributed by atoms with van der Waals surface area (Å²) >= 11 is 0. The van der Waals surface area contributed by atoms with E-state index in [1.165, 1.54) is 12.1 Å². The molecule has 2 atom stereocenters. The molecule has 1 aliphatic heterocycles. The quantitative estimate of drug-likeness (QED) is 0.853. The molecule has 0 saturated carbocycles. The fourth-order valence-corrected chi connectivity index (χ4v) is 2.68. The molecule has 112 valence electrons. The second kappa shape index (κ2) is 7.70. The first kappa shape index (κ1) is 15.4. The van der Waals surface area contributed by atoms with Crippen molar-refractivity contribution in [3.63, 3.8) is 0 Å². The number of hydrogen-bond acceptors (Lipinski definition) is 2. The van der Waals surface area contributed by atoms with Gasteiger partial charge in [0, 0.05) is 18.2 Å². The third-order valence-corrected chi connectivity index (χ3v) is 3.75. The third-order valence-electron chi connectivity index (χ3n) is 3.75. The van der Waals surface area contributed by atoms with Crippen LogP contribution in [0, 0.1) is 11.6 Å². The number of halogens is 2. The Balaban J connectivity index is 2.10. The van der Waals surface area contributed by atoms with Crippen molar-refractivity contribution < 1.29 is 13.5 Å². The Hall–Kier alpha value is -1.00. The minimum absolute atomic E-state index is 0.140. The number of hydrogen-bond donors (Lipinski definition) is 1. The Morgan fingerprint density at radius 2 is 2.20 bits per heavy atom. The fraction of sp³-hybridized carbons (Fsp3) is 0.625. The summed E-state index contributed by atoms with van der Waals surface area (Å²) in [4.78, 5) is 0. The van der Waals surface area contributed by atoms with Crippen molar-refractivity contribution in [2.24, 2.45) is 0 Å². The number of rotatable bonds is 6. The normalized spacial score (nSPS) is 20.9. The van der Waals surface area contributed by atoms with E-state index in [1.54, 1.807) is 0 Å². The summed E-state index contributed by atoms with van der Waals surface area (Å²) in [5, 5.41) is 3.31. The first-order valence-electron chi connectivity index (χ1n) is 7.50. The monoisotopic (exact) mass is 283 g/mol. The van der Waals surface area contributed by atoms with Gasteiger partial charge < -0.3 is 10.1 Å². The van der Waals surface area contributed by atoms with Crippen molar-refractivity contribution in [2.45, 2.75) is 51.2 Å². The van der Waals surface area contributed by atoms with Crippen LogP contribution in [0.3, 0.4) is 0 Å². The average Bonchev–Trinajstić information content (AvgIpc) is 2.47. The van der Waals surface area contributed by atoms with E-state index in [1.807, 2.05) is 0 Å². The molecule has 2 unspecified atom stereocenters. The Morgan fingerprint density at radius 1 is 1.35 bits per heavy atom. The molecule has 1 saturated heterocycles. The lowest BCUT2D eigenvalue weighted by Crippen LogP contribution is -2.30. The van der Waals surface area contributed by atoms with Crippen LogP contribution in [0.4, 0.5) is 8.78 Å². The van der Waals surface area contributed by atoms with Crippen LogP contribution in [0.2, 0.25) is 0 Å². The van der Waals surface area contributed by atoms with Gasteiger partial charge in [-0.2, -0.15) is 0 Å². The Kier molecular flexibility index (Phi) is 5.92. The smallest absolute Gasteiger partial charge is 0.128 e. The lowest BCUT2D eigenvalue weighted by atomic mass is 9.96. The van der Waals surface area contributed by atoms with Gasteiger partial charge in [0.25, 0.3) is 0 Å². The van der Waals surface area contributed by atoms with Crippen LogP contribution < -0.4 is 5.32 Å². The van der Waals surface area contributed by atoms with E-state index in [0.717, 1.165) is 44.9 Å². The molecule has 0 radical (unpaired) electrons. The predicted molar refractivity (Wildman–Crippen MR) is 75.6 cm³/mol. The highest BCUT2D eigenvalue weighted by molar-refractivity contribution is 5.22. The maximum Gasteiger partial charge on any atom is 0.128 e. The second-order valence-corrected chi connectivity index (χ2v) is 5.40. The van der Waals surface area contributed by atoms with Crippen molar-refractivity contribution in [1.29, 1.82) is 0 Å². The summed E-state index contributed by atoms with van der Waals surface area (Å²) in [6.07, 6.45) is 5.04. The topological polar surface area (TPSA) is 21.3 Å². The van der Waals surface area contributed by atoms with Gasteiger partial charge in [-0.3, -0.25) is 0 Å². The van der Waals surface area contributed by atoms with Crippen LogP contribution in [0.1, 0.15) is 50.6 Å². The van der Waals surface area contributed by atoms with E-state index in [2.05, 4.69) is 12.2 Å². The molecule has 0 amide bonds. The molecular weight excluding hydrogens is 260 g/mol. The molecule has 2 rings (SSSR count). The van der Waals surface area contributed by atoms with Gasteiger partial charge in [0.2, 0.25) is 0 Å². The van der Waals surface area contributed by atoms with E-state index in [-0.39, 0.29) is 18.0 Å². The summed E-state index contributed by atoms with van der Waals surface area (Å²) in [6, 6.07) is 3.47. The van der Waals surface area contributed by atoms with Crippen LogP contribution in [-0.2, 0) is 4.74 Å². The van der Waals surface area contributed by atoms with Gasteiger partial charge in [-0.1, -0.05) is 6.92 Å². The summed E-state index contributed by atoms with van der Waals surface area (Å²) in [6.45, 7) is 3.62. The lowest BCUT2D eigenvalue weighted by Gasteiger charge is -2.28. The molecule has 20 heavy (non-hydrogen) atoms. The molecule has 0 aromatic heterocycles. The standard InChI is InChI=1S/C16H23F2NO/c1-2-8-19-16(11-13-5-3-4-9-20-13)14-10-12(17)6-7-15(14)18/h6-7,10,13,16,19H,2-5,8-9,11H2,1H3. The van der Waals surface area contributed by atoms with Crippen molar-refractivity contribution in [3.05, 3.63) is 35.4 Å². The molecule has 1 fully saturated rings. The predicted octanol–water partition coefficient (Wildman–Crippen LogP) is 3.96. The molecule has 4 heteroatoms. The van der Waals surface area contributed by atoms with Crippen LogP contribution in [0.15, 0.2) is 18.2 Å². The van der Waals surface area contributed by atoms with E-state index in [4.69, 9.17) is 4.74 Å². The zero-order chi connectivity index (χ0) is 14.4. The van der Waals surface area contributed by atoms with Crippen LogP contribution in [0.5, 0.6) is 0 Å². The first-order valence-corrected chi connectivity index (χ1v) is 7.50. The van der Waals surface area contributed by atoms with Gasteiger partial charge in [-0.25, -0.2) is 8.78 Å². The van der Waals surface area contributed by atoms with Crippen LogP contribution >= 0.6 is 0 Å². The molecule has 1 aliphatic rings. The Bertz CT molecular complexity index is 419. The number of ether oxygens (including phenoxy) is 1. The molecular formula is C16H23F2NO. The molecule has 1 aromatic carbocycles. The molecule has 1 N–H and O–H groups in total. The summed E-state index contributed by atoms with van der Waals surface area (Å²) in [5.41, 5.74) is 0.410. The minimum Gasteiger partial charge on any atom is -0.378 e. The maximum absolute atomic E-state index is 14.0. The SMILES string of the molecule is CCCNC(CC1CCCCO1)c1cc(F)ccc1F. The molecule has 0 bridgehead atoms. The van der Waals surface area contributed by atoms with E-state index in [9.17, 15) is 8.78 Å². The zero-order valence-corrected chi connectivity index (χ0v) is 12.0. The number of benzene rings is 1. The highest BCUT2D eigenvalue weighted by atomic mass is 19.1. The van der Waals surface area contributed by atoms with Gasteiger partial charge in [0.15, 0.2) is 0 Å². The summed E-state index contributed by atoms with van der Waals surface area (Å²) in [5.74, 6) is -0.745. The van der Waals surface area contributed by atoms with E-state index in [0.29, 0.717) is 12.0 Å². The highest BCUT2D eigenvalue weighted by Crippen LogP contribution is 2.27. The third kappa shape index (κ3) is 4.25. The van der Waals surface area contributed by atoms with Gasteiger partial charge >= 0.3 is 0 Å². The van der Waals surface area contributed by atoms with Gasteiger partial charge in [-0.15, -0.1) is 0 Å². The average molecular weight is 283 g/mol. The van der Waals surface area contributed by atoms with Crippen molar-refractivity contribution in [1.82, 2.24) is 5.32 Å². The molecule has 1 heterocycles. The summed E-state index contributed by atoms with van der Waals surface area (Å²) in [7, 11) is 0. The zero-order valence-electron chi connectivity index (χ0n) is 12.0. The molecule has 1 aromatic rings. The second-order valence-electron chi connectivity index (χ2n) is 5.40. The van der Waals surface area contributed by atoms with Crippen LogP contribution in [0.25, 0.3) is 0 Å². The molecule has 0 spiro atoms. The first-order chi connectivity index (χ1) is 9.70. The van der Waals surface area contributed by atoms with Crippen LogP contribution in [-0.4, -0.2) is 19.3 Å². The molecule has 0 aliphatic carbocycles. The van der Waals surface area contributed by atoms with E-state index >= 15 is 0 Å². The fourth-order valence-electron chi connectivity index (χ4n) is 2.68. The van der Waals surface area contributed by atoms with Crippen molar-refractivity contribution >= 4 is 0 Å². The van der Waals surface area contributed by atoms with Crippen molar-refractivity contribution in [3.8, 4) is 0 Å². The van der Waals surface area contributed by atoms with Crippen molar-refractivity contribution in [2.75, 3.05) is 13.2 Å². The summed E-state index contributed by atoms with van der Waals surface area (Å²) < 4.78 is 33.1.